The first-order valence-electron chi connectivity index (χ1n) is 16.9. The molecule has 0 radical (unpaired) electrons. The van der Waals surface area contributed by atoms with Crippen molar-refractivity contribution in [2.24, 2.45) is 0 Å². The smallest absolute Gasteiger partial charge is 0.136 e. The zero-order chi connectivity index (χ0) is 34.2. The highest BCUT2D eigenvalue weighted by Gasteiger charge is 2.17. The molecule has 2 nitrogen and oxygen atoms in total. The van der Waals surface area contributed by atoms with E-state index in [0.717, 1.165) is 82.4 Å². The maximum absolute atomic E-state index is 9.30. The molecule has 0 unspecified atom stereocenters. The van der Waals surface area contributed by atoms with Gasteiger partial charge in [0.25, 0.3) is 0 Å². The number of hydrogen-bond acceptors (Lipinski definition) is 2. The number of furan rings is 1. The van der Waals surface area contributed by atoms with Crippen LogP contribution in [0, 0.1) is 5.41 Å². The summed E-state index contributed by atoms with van der Waals surface area (Å²) < 4.78 is 6.23. The predicted octanol–water partition coefficient (Wildman–Crippen LogP) is 13.5. The topological polar surface area (TPSA) is 37.0 Å². The van der Waals surface area contributed by atoms with E-state index in [1.807, 2.05) is 37.3 Å². The third-order valence-corrected chi connectivity index (χ3v) is 9.57. The Bertz CT molecular complexity index is 2630. The summed E-state index contributed by atoms with van der Waals surface area (Å²) in [7, 11) is 0. The second-order valence-electron chi connectivity index (χ2n) is 12.5. The molecule has 0 amide bonds. The molecule has 8 aromatic rings. The van der Waals surface area contributed by atoms with Gasteiger partial charge in [0.15, 0.2) is 0 Å². The van der Waals surface area contributed by atoms with Gasteiger partial charge in [-0.15, -0.1) is 0 Å². The summed E-state index contributed by atoms with van der Waals surface area (Å²) in [4.78, 5) is 0. The average Bonchev–Trinajstić information content (AvgIpc) is 3.54. The normalized spacial score (nSPS) is 11.8. The van der Waals surface area contributed by atoms with Crippen LogP contribution < -0.4 is 0 Å². The Hall–Kier alpha value is -6.51. The summed E-state index contributed by atoms with van der Waals surface area (Å²) in [6.45, 7) is 10.4. The van der Waals surface area contributed by atoms with Gasteiger partial charge in [0.05, 0.1) is 5.71 Å². The molecule has 1 N–H and O–H groups in total. The van der Waals surface area contributed by atoms with Crippen LogP contribution in [0.25, 0.3) is 83.5 Å². The summed E-state index contributed by atoms with van der Waals surface area (Å²) >= 11 is 0. The molecule has 8 rings (SSSR count). The van der Waals surface area contributed by atoms with Crippen molar-refractivity contribution in [3.05, 3.63) is 187 Å². The third kappa shape index (κ3) is 5.28. The van der Waals surface area contributed by atoms with E-state index in [4.69, 9.17) is 4.42 Å². The Morgan fingerprint density at radius 3 is 1.90 bits per heavy atom. The largest absolute Gasteiger partial charge is 0.456 e. The van der Waals surface area contributed by atoms with E-state index in [1.165, 1.54) is 11.1 Å². The Balaban J connectivity index is 1.11. The van der Waals surface area contributed by atoms with Crippen LogP contribution in [0.5, 0.6) is 0 Å². The lowest BCUT2D eigenvalue weighted by atomic mass is 9.86. The monoisotopic (exact) mass is 641 g/mol. The van der Waals surface area contributed by atoms with Crippen LogP contribution in [0.2, 0.25) is 0 Å². The van der Waals surface area contributed by atoms with Crippen LogP contribution in [0.1, 0.15) is 29.2 Å². The molecule has 0 fully saturated rings. The van der Waals surface area contributed by atoms with Gasteiger partial charge in [0.2, 0.25) is 0 Å². The van der Waals surface area contributed by atoms with Crippen molar-refractivity contribution in [2.75, 3.05) is 0 Å². The number of rotatable bonds is 8. The highest BCUT2D eigenvalue weighted by Crippen LogP contribution is 2.40. The molecule has 0 bridgehead atoms. The minimum Gasteiger partial charge on any atom is -0.456 e. The fraction of sp³-hybridized carbons (Fsp3) is 0.0208. The summed E-state index contributed by atoms with van der Waals surface area (Å²) in [5.74, 6) is 0. The molecular weight excluding hydrogens is 607 g/mol. The van der Waals surface area contributed by atoms with E-state index in [2.05, 4.69) is 147 Å². The van der Waals surface area contributed by atoms with Gasteiger partial charge in [-0.2, -0.15) is 0 Å². The molecule has 0 aliphatic rings. The quantitative estimate of drug-likeness (QED) is 0.100. The molecule has 2 heteroatoms. The van der Waals surface area contributed by atoms with Gasteiger partial charge >= 0.3 is 0 Å². The SMILES string of the molecule is C=Cc1ccc2oc3ccc(-c4ccc(C(=C)/C=C\C(=N)c5c6ccccc6c(-c6ccccc6)c6ccccc56)cc4)cc3c2c1/C=C\C. The van der Waals surface area contributed by atoms with Crippen molar-refractivity contribution in [3.63, 3.8) is 0 Å². The third-order valence-electron chi connectivity index (χ3n) is 9.57. The summed E-state index contributed by atoms with van der Waals surface area (Å²) in [5, 5.41) is 15.9. The second-order valence-corrected chi connectivity index (χ2v) is 12.5. The van der Waals surface area contributed by atoms with E-state index >= 15 is 0 Å². The van der Waals surface area contributed by atoms with Crippen LogP contribution in [0.15, 0.2) is 169 Å². The number of benzene rings is 7. The first-order valence-corrected chi connectivity index (χ1v) is 16.9. The van der Waals surface area contributed by atoms with Gasteiger partial charge in [-0.1, -0.05) is 153 Å². The van der Waals surface area contributed by atoms with Gasteiger partial charge in [-0.3, -0.25) is 0 Å². The lowest BCUT2D eigenvalue weighted by Crippen LogP contribution is -2.00. The molecule has 0 spiro atoms. The zero-order valence-electron chi connectivity index (χ0n) is 27.9. The fourth-order valence-electron chi connectivity index (χ4n) is 7.19. The number of fused-ring (bicyclic) bond motifs is 5. The van der Waals surface area contributed by atoms with Crippen molar-refractivity contribution in [1.82, 2.24) is 0 Å². The van der Waals surface area contributed by atoms with Crippen molar-refractivity contribution in [2.45, 2.75) is 6.92 Å². The number of hydrogen-bond donors (Lipinski definition) is 1. The van der Waals surface area contributed by atoms with E-state index in [1.54, 1.807) is 0 Å². The first kappa shape index (κ1) is 30.8. The van der Waals surface area contributed by atoms with Crippen molar-refractivity contribution < 1.29 is 4.42 Å². The molecule has 0 aliphatic heterocycles. The molecule has 7 aromatic carbocycles. The van der Waals surface area contributed by atoms with E-state index in [-0.39, 0.29) is 0 Å². The summed E-state index contributed by atoms with van der Waals surface area (Å²) in [6, 6.07) is 46.3. The molecule has 0 aliphatic carbocycles. The van der Waals surface area contributed by atoms with Crippen molar-refractivity contribution in [1.29, 1.82) is 5.41 Å². The maximum atomic E-state index is 9.30. The molecule has 50 heavy (non-hydrogen) atoms. The zero-order valence-corrected chi connectivity index (χ0v) is 27.9. The van der Waals surface area contributed by atoms with E-state index in [0.29, 0.717) is 5.71 Å². The lowest BCUT2D eigenvalue weighted by molar-refractivity contribution is 0.669. The lowest BCUT2D eigenvalue weighted by Gasteiger charge is -2.17. The Labute approximate surface area is 292 Å². The second kappa shape index (κ2) is 12.8. The van der Waals surface area contributed by atoms with Crippen LogP contribution in [0.4, 0.5) is 0 Å². The van der Waals surface area contributed by atoms with Gasteiger partial charge < -0.3 is 9.83 Å². The average molecular weight is 642 g/mol. The Morgan fingerprint density at radius 1 is 0.620 bits per heavy atom. The van der Waals surface area contributed by atoms with Gasteiger partial charge in [0, 0.05) is 16.3 Å². The molecular formula is C48H35NO. The predicted molar refractivity (Wildman–Crippen MR) is 216 cm³/mol. The Kier molecular flexibility index (Phi) is 7.91. The molecule has 0 saturated heterocycles. The van der Waals surface area contributed by atoms with Crippen LogP contribution in [-0.2, 0) is 0 Å². The van der Waals surface area contributed by atoms with Crippen molar-refractivity contribution in [3.8, 4) is 22.3 Å². The van der Waals surface area contributed by atoms with Crippen molar-refractivity contribution >= 4 is 66.9 Å². The van der Waals surface area contributed by atoms with Gasteiger partial charge in [0.1, 0.15) is 11.2 Å². The highest BCUT2D eigenvalue weighted by molar-refractivity contribution is 6.28. The summed E-state index contributed by atoms with van der Waals surface area (Å²) in [6.07, 6.45) is 9.91. The van der Waals surface area contributed by atoms with Crippen LogP contribution in [-0.4, -0.2) is 5.71 Å². The first-order chi connectivity index (χ1) is 24.6. The molecule has 1 heterocycles. The molecule has 1 aromatic heterocycles. The van der Waals surface area contributed by atoms with E-state index < -0.39 is 0 Å². The fourth-order valence-corrected chi connectivity index (χ4v) is 7.19. The van der Waals surface area contributed by atoms with Crippen LogP contribution in [0.3, 0.4) is 0 Å². The standard InChI is InChI=1S/C48H35NO/c1-4-13-37-32(5-2)25-29-45-48(37)42-30-36(26-28-44(42)50-45)34-23-21-33(22-24-34)31(3)20-27-43(49)47-40-18-11-9-16-38(40)46(35-14-7-6-8-15-35)39-17-10-12-19-41(39)47/h4-30,49H,2-3H2,1H3/b13-4-,27-20-,49-43?. The van der Waals surface area contributed by atoms with Gasteiger partial charge in [-0.05, 0) is 97.3 Å². The minimum absolute atomic E-state index is 0.451. The Morgan fingerprint density at radius 2 is 1.24 bits per heavy atom. The summed E-state index contributed by atoms with van der Waals surface area (Å²) in [5.41, 5.74) is 11.8. The maximum Gasteiger partial charge on any atom is 0.136 e. The van der Waals surface area contributed by atoms with Crippen LogP contribution >= 0.6 is 0 Å². The highest BCUT2D eigenvalue weighted by atomic mass is 16.3. The number of allylic oxidation sites excluding steroid dienone is 4. The minimum atomic E-state index is 0.451. The van der Waals surface area contributed by atoms with E-state index in [9.17, 15) is 5.41 Å². The number of nitrogens with one attached hydrogen (secondary N) is 1. The molecule has 0 atom stereocenters. The molecule has 238 valence electrons. The molecule has 0 saturated carbocycles. The van der Waals surface area contributed by atoms with Gasteiger partial charge in [-0.25, -0.2) is 0 Å².